The van der Waals surface area contributed by atoms with E-state index in [9.17, 15) is 0 Å². The van der Waals surface area contributed by atoms with E-state index in [1.165, 1.54) is 44.9 Å². The fourth-order valence-electron chi connectivity index (χ4n) is 3.91. The minimum Gasteiger partial charge on any atom is -0.315 e. The average Bonchev–Trinajstić information content (AvgIpc) is 2.77. The molecule has 2 heteroatoms. The summed E-state index contributed by atoms with van der Waals surface area (Å²) in [7, 11) is 4.49. The summed E-state index contributed by atoms with van der Waals surface area (Å²) in [6.07, 6.45) is 9.91. The summed E-state index contributed by atoms with van der Waals surface area (Å²) >= 11 is 0. The zero-order chi connectivity index (χ0) is 11.5. The Balaban J connectivity index is 1.97. The molecule has 16 heavy (non-hydrogen) atoms. The number of hydrogen-bond acceptors (Lipinski definition) is 2. The molecule has 2 nitrogen and oxygen atoms in total. The van der Waals surface area contributed by atoms with Crippen LogP contribution in [0.25, 0.3) is 0 Å². The minimum absolute atomic E-state index is 0.735. The van der Waals surface area contributed by atoms with Crippen LogP contribution in [-0.4, -0.2) is 37.1 Å². The Morgan fingerprint density at radius 3 is 2.31 bits per heavy atom. The molecule has 2 aliphatic rings. The van der Waals surface area contributed by atoms with Crippen molar-refractivity contribution >= 4 is 0 Å². The van der Waals surface area contributed by atoms with E-state index in [0.29, 0.717) is 0 Å². The van der Waals surface area contributed by atoms with Crippen molar-refractivity contribution in [3.05, 3.63) is 0 Å². The molecule has 4 unspecified atom stereocenters. The van der Waals surface area contributed by atoms with E-state index in [2.05, 4.69) is 31.2 Å². The lowest BCUT2D eigenvalue weighted by Crippen LogP contribution is -2.50. The predicted octanol–water partition coefficient (Wildman–Crippen LogP) is 2.64. The predicted molar refractivity (Wildman–Crippen MR) is 69.7 cm³/mol. The Bertz CT molecular complexity index is 215. The van der Waals surface area contributed by atoms with Crippen molar-refractivity contribution in [1.29, 1.82) is 0 Å². The molecule has 0 aromatic carbocycles. The van der Waals surface area contributed by atoms with Crippen molar-refractivity contribution in [1.82, 2.24) is 10.2 Å². The van der Waals surface area contributed by atoms with Gasteiger partial charge in [-0.15, -0.1) is 0 Å². The molecule has 0 radical (unpaired) electrons. The van der Waals surface area contributed by atoms with Gasteiger partial charge in [0.2, 0.25) is 0 Å². The van der Waals surface area contributed by atoms with Crippen molar-refractivity contribution < 1.29 is 0 Å². The maximum Gasteiger partial charge on any atom is 0.0249 e. The van der Waals surface area contributed by atoms with Crippen molar-refractivity contribution in [2.24, 2.45) is 5.92 Å². The first kappa shape index (κ1) is 12.4. The maximum atomic E-state index is 3.51. The minimum atomic E-state index is 0.735. The molecule has 0 amide bonds. The number of nitrogens with one attached hydrogen (secondary N) is 1. The van der Waals surface area contributed by atoms with Crippen LogP contribution in [0, 0.1) is 5.92 Å². The highest BCUT2D eigenvalue weighted by Crippen LogP contribution is 2.32. The summed E-state index contributed by atoms with van der Waals surface area (Å²) < 4.78 is 0. The van der Waals surface area contributed by atoms with Crippen LogP contribution in [0.5, 0.6) is 0 Å². The van der Waals surface area contributed by atoms with Crippen molar-refractivity contribution in [2.45, 2.75) is 70.0 Å². The van der Waals surface area contributed by atoms with Gasteiger partial charge in [-0.2, -0.15) is 0 Å². The maximum absolute atomic E-state index is 3.51. The average molecular weight is 224 g/mol. The quantitative estimate of drug-likeness (QED) is 0.793. The largest absolute Gasteiger partial charge is 0.315 e. The van der Waals surface area contributed by atoms with Gasteiger partial charge in [0.05, 0.1) is 0 Å². The first-order valence-corrected chi connectivity index (χ1v) is 7.13. The second-order valence-corrected chi connectivity index (χ2v) is 5.89. The summed E-state index contributed by atoms with van der Waals surface area (Å²) in [6, 6.07) is 2.36. The molecule has 4 atom stereocenters. The summed E-state index contributed by atoms with van der Waals surface area (Å²) in [5, 5.41) is 3.51. The third kappa shape index (κ3) is 2.43. The number of likely N-dealkylation sites (N-methyl/N-ethyl adjacent to an activating group) is 2. The Morgan fingerprint density at radius 2 is 1.62 bits per heavy atom. The zero-order valence-corrected chi connectivity index (χ0v) is 11.2. The van der Waals surface area contributed by atoms with Crippen molar-refractivity contribution in [3.8, 4) is 0 Å². The van der Waals surface area contributed by atoms with E-state index in [1.54, 1.807) is 0 Å². The molecule has 2 fully saturated rings. The van der Waals surface area contributed by atoms with Gasteiger partial charge in [-0.25, -0.2) is 0 Å². The Labute approximate surface area is 101 Å². The Hall–Kier alpha value is -0.0800. The van der Waals surface area contributed by atoms with Crippen LogP contribution in [0.3, 0.4) is 0 Å². The van der Waals surface area contributed by atoms with Crippen molar-refractivity contribution in [3.63, 3.8) is 0 Å². The van der Waals surface area contributed by atoms with E-state index >= 15 is 0 Å². The molecule has 2 aliphatic carbocycles. The van der Waals surface area contributed by atoms with Crippen LogP contribution in [0.1, 0.15) is 51.9 Å². The van der Waals surface area contributed by atoms with Gasteiger partial charge >= 0.3 is 0 Å². The van der Waals surface area contributed by atoms with Gasteiger partial charge in [0.15, 0.2) is 0 Å². The molecule has 0 aliphatic heterocycles. The molecular weight excluding hydrogens is 196 g/mol. The van der Waals surface area contributed by atoms with Gasteiger partial charge in [0.25, 0.3) is 0 Å². The Kier molecular flexibility index (Phi) is 4.26. The summed E-state index contributed by atoms with van der Waals surface area (Å²) in [6.45, 7) is 2.45. The molecule has 0 saturated heterocycles. The van der Waals surface area contributed by atoms with E-state index in [1.807, 2.05) is 0 Å². The summed E-state index contributed by atoms with van der Waals surface area (Å²) in [5.41, 5.74) is 0. The van der Waals surface area contributed by atoms with E-state index < -0.39 is 0 Å². The van der Waals surface area contributed by atoms with E-state index in [-0.39, 0.29) is 0 Å². The summed E-state index contributed by atoms with van der Waals surface area (Å²) in [4.78, 5) is 2.71. The van der Waals surface area contributed by atoms with E-state index in [0.717, 1.165) is 24.0 Å². The monoisotopic (exact) mass is 224 g/mol. The van der Waals surface area contributed by atoms with Crippen LogP contribution in [0.2, 0.25) is 0 Å². The van der Waals surface area contributed by atoms with Gasteiger partial charge in [0.1, 0.15) is 0 Å². The molecule has 0 aromatic heterocycles. The van der Waals surface area contributed by atoms with Crippen LogP contribution >= 0.6 is 0 Å². The van der Waals surface area contributed by atoms with E-state index in [4.69, 9.17) is 0 Å². The first-order chi connectivity index (χ1) is 7.74. The molecule has 94 valence electrons. The lowest BCUT2D eigenvalue weighted by molar-refractivity contribution is 0.0872. The van der Waals surface area contributed by atoms with Gasteiger partial charge in [-0.1, -0.05) is 26.2 Å². The number of rotatable bonds is 3. The molecule has 0 bridgehead atoms. The standard InChI is InChI=1S/C14H28N2/c1-11-7-4-5-9-13(11)16(3)14-10-6-8-12(14)15-2/h11-15H,4-10H2,1-3H3. The van der Waals surface area contributed by atoms with Gasteiger partial charge in [-0.05, 0) is 45.7 Å². The van der Waals surface area contributed by atoms with Crippen LogP contribution < -0.4 is 5.32 Å². The fraction of sp³-hybridized carbons (Fsp3) is 1.00. The fourth-order valence-corrected chi connectivity index (χ4v) is 3.91. The Morgan fingerprint density at radius 1 is 0.938 bits per heavy atom. The van der Waals surface area contributed by atoms with Crippen molar-refractivity contribution in [2.75, 3.05) is 14.1 Å². The highest BCUT2D eigenvalue weighted by molar-refractivity contribution is 4.92. The zero-order valence-electron chi connectivity index (χ0n) is 11.2. The molecule has 0 spiro atoms. The van der Waals surface area contributed by atoms with Gasteiger partial charge < -0.3 is 5.32 Å². The topological polar surface area (TPSA) is 15.3 Å². The normalized spacial score (nSPS) is 40.5. The second-order valence-electron chi connectivity index (χ2n) is 5.89. The second kappa shape index (κ2) is 5.50. The third-order valence-corrected chi connectivity index (χ3v) is 4.96. The molecule has 0 heterocycles. The SMILES string of the molecule is CNC1CCCC1N(C)C1CCCCC1C. The lowest BCUT2D eigenvalue weighted by Gasteiger charge is -2.41. The smallest absolute Gasteiger partial charge is 0.0249 e. The molecular formula is C14H28N2. The van der Waals surface area contributed by atoms with Crippen LogP contribution in [0.4, 0.5) is 0 Å². The number of nitrogens with zero attached hydrogens (tertiary/aromatic N) is 1. The highest BCUT2D eigenvalue weighted by atomic mass is 15.2. The summed E-state index contributed by atoms with van der Waals surface area (Å²) in [5.74, 6) is 0.900. The lowest BCUT2D eigenvalue weighted by atomic mass is 9.84. The molecule has 0 aromatic rings. The third-order valence-electron chi connectivity index (χ3n) is 4.96. The van der Waals surface area contributed by atoms with Gasteiger partial charge in [-0.3, -0.25) is 4.90 Å². The molecule has 1 N–H and O–H groups in total. The molecule has 2 rings (SSSR count). The number of hydrogen-bond donors (Lipinski definition) is 1. The highest BCUT2D eigenvalue weighted by Gasteiger charge is 2.35. The van der Waals surface area contributed by atoms with Crippen LogP contribution in [0.15, 0.2) is 0 Å². The van der Waals surface area contributed by atoms with Crippen LogP contribution in [-0.2, 0) is 0 Å². The van der Waals surface area contributed by atoms with Gasteiger partial charge in [0, 0.05) is 18.1 Å². The first-order valence-electron chi connectivity index (χ1n) is 7.13. The molecule has 2 saturated carbocycles.